The van der Waals surface area contributed by atoms with Crippen molar-refractivity contribution >= 4 is 27.3 Å². The van der Waals surface area contributed by atoms with Gasteiger partial charge in [-0.3, -0.25) is 4.79 Å². The molecule has 0 radical (unpaired) electrons. The number of nitrogens with zero attached hydrogens (tertiary/aromatic N) is 1. The number of rotatable bonds is 6. The summed E-state index contributed by atoms with van der Waals surface area (Å²) in [5, 5.41) is 5.89. The van der Waals surface area contributed by atoms with E-state index in [-0.39, 0.29) is 17.3 Å². The van der Waals surface area contributed by atoms with Gasteiger partial charge in [0.25, 0.3) is 0 Å². The van der Waals surface area contributed by atoms with Crippen molar-refractivity contribution in [3.8, 4) is 11.1 Å². The summed E-state index contributed by atoms with van der Waals surface area (Å²) in [6.07, 6.45) is 0.889. The second kappa shape index (κ2) is 7.93. The van der Waals surface area contributed by atoms with Gasteiger partial charge in [0.05, 0.1) is 11.4 Å². The van der Waals surface area contributed by atoms with Crippen LogP contribution in [0.2, 0.25) is 0 Å². The zero-order valence-corrected chi connectivity index (χ0v) is 17.7. The molecule has 3 aromatic carbocycles. The molecule has 1 aliphatic carbocycles. The number of anilines is 2. The van der Waals surface area contributed by atoms with Gasteiger partial charge in [0.15, 0.2) is 0 Å². The van der Waals surface area contributed by atoms with Gasteiger partial charge in [-0.25, -0.2) is 12.7 Å². The molecule has 0 aromatic heterocycles. The Labute approximate surface area is 176 Å². The number of nitrogens with one attached hydrogen (secondary N) is 2. The molecule has 1 amide bonds. The van der Waals surface area contributed by atoms with E-state index in [2.05, 4.69) is 34.9 Å². The Hall–Kier alpha value is -3.16. The lowest BCUT2D eigenvalue weighted by atomic mass is 10.1. The summed E-state index contributed by atoms with van der Waals surface area (Å²) >= 11 is 0. The Bertz CT molecular complexity index is 1220. The predicted molar refractivity (Wildman–Crippen MR) is 119 cm³/mol. The Morgan fingerprint density at radius 3 is 2.47 bits per heavy atom. The van der Waals surface area contributed by atoms with E-state index in [1.807, 2.05) is 18.2 Å². The Morgan fingerprint density at radius 1 is 0.900 bits per heavy atom. The number of benzene rings is 3. The molecule has 30 heavy (non-hydrogen) atoms. The second-order valence-corrected chi connectivity index (χ2v) is 9.57. The third-order valence-corrected chi connectivity index (χ3v) is 6.95. The van der Waals surface area contributed by atoms with E-state index in [4.69, 9.17) is 0 Å². The fourth-order valence-corrected chi connectivity index (χ4v) is 4.54. The van der Waals surface area contributed by atoms with Crippen LogP contribution in [0, 0.1) is 0 Å². The van der Waals surface area contributed by atoms with Crippen molar-refractivity contribution in [3.05, 3.63) is 77.9 Å². The number of hydrogen-bond donors (Lipinski definition) is 2. The van der Waals surface area contributed by atoms with Crippen molar-refractivity contribution in [1.82, 2.24) is 4.31 Å². The summed E-state index contributed by atoms with van der Waals surface area (Å²) in [7, 11) is -0.609. The SMILES string of the molecule is CN(C)S(=O)(=O)c1cccc(NC(=O)CNc2ccc3c(c2)Cc2ccccc2-3)c1. The summed E-state index contributed by atoms with van der Waals surface area (Å²) in [4.78, 5) is 12.5. The quantitative estimate of drug-likeness (QED) is 0.499. The van der Waals surface area contributed by atoms with E-state index in [1.54, 1.807) is 12.1 Å². The largest absolute Gasteiger partial charge is 0.376 e. The van der Waals surface area contributed by atoms with Crippen LogP contribution in [0.1, 0.15) is 11.1 Å². The normalized spacial score (nSPS) is 12.4. The standard InChI is InChI=1S/C23H23N3O3S/c1-26(2)30(28,29)20-8-5-7-19(14-20)25-23(27)15-24-18-10-11-22-17(13-18)12-16-6-3-4-9-21(16)22/h3-11,13-14,24H,12,15H2,1-2H3,(H,25,27). The average molecular weight is 422 g/mol. The monoisotopic (exact) mass is 421 g/mol. The van der Waals surface area contributed by atoms with Gasteiger partial charge in [0.1, 0.15) is 0 Å². The highest BCUT2D eigenvalue weighted by atomic mass is 32.2. The summed E-state index contributed by atoms with van der Waals surface area (Å²) < 4.78 is 25.7. The molecule has 154 valence electrons. The van der Waals surface area contributed by atoms with Crippen LogP contribution >= 0.6 is 0 Å². The molecule has 0 unspecified atom stereocenters. The molecule has 7 heteroatoms. The zero-order valence-electron chi connectivity index (χ0n) is 16.8. The number of carbonyl (C=O) groups is 1. The van der Waals surface area contributed by atoms with Crippen molar-refractivity contribution in [2.24, 2.45) is 0 Å². The van der Waals surface area contributed by atoms with Crippen LogP contribution in [0.4, 0.5) is 11.4 Å². The van der Waals surface area contributed by atoms with Crippen LogP contribution in [0.5, 0.6) is 0 Å². The molecule has 0 spiro atoms. The van der Waals surface area contributed by atoms with Crippen LogP contribution in [0.3, 0.4) is 0 Å². The Morgan fingerprint density at radius 2 is 1.67 bits per heavy atom. The van der Waals surface area contributed by atoms with Crippen LogP contribution < -0.4 is 10.6 Å². The van der Waals surface area contributed by atoms with Gasteiger partial charge >= 0.3 is 0 Å². The van der Waals surface area contributed by atoms with Crippen LogP contribution in [-0.4, -0.2) is 39.3 Å². The minimum absolute atomic E-state index is 0.0798. The van der Waals surface area contributed by atoms with Gasteiger partial charge in [-0.15, -0.1) is 0 Å². The molecule has 0 fully saturated rings. The molecule has 3 aromatic rings. The summed E-state index contributed by atoms with van der Waals surface area (Å²) in [5.74, 6) is -0.252. The molecule has 6 nitrogen and oxygen atoms in total. The summed E-state index contributed by atoms with van der Waals surface area (Å²) in [6, 6.07) is 20.7. The zero-order chi connectivity index (χ0) is 21.3. The van der Waals surface area contributed by atoms with Crippen LogP contribution in [-0.2, 0) is 21.2 Å². The van der Waals surface area contributed by atoms with Gasteiger partial charge in [0.2, 0.25) is 15.9 Å². The molecule has 0 saturated heterocycles. The lowest BCUT2D eigenvalue weighted by molar-refractivity contribution is -0.114. The average Bonchev–Trinajstić information content (AvgIpc) is 3.10. The lowest BCUT2D eigenvalue weighted by Crippen LogP contribution is -2.23. The van der Waals surface area contributed by atoms with Gasteiger partial charge in [0, 0.05) is 25.5 Å². The van der Waals surface area contributed by atoms with E-state index in [9.17, 15) is 13.2 Å². The lowest BCUT2D eigenvalue weighted by Gasteiger charge is -2.13. The number of carbonyl (C=O) groups excluding carboxylic acids is 1. The Balaban J connectivity index is 1.40. The number of hydrogen-bond acceptors (Lipinski definition) is 4. The molecule has 0 bridgehead atoms. The van der Waals surface area contributed by atoms with E-state index in [1.165, 1.54) is 48.5 Å². The first-order valence-corrected chi connectivity index (χ1v) is 11.1. The summed E-state index contributed by atoms with van der Waals surface area (Å²) in [6.45, 7) is 0.0798. The third kappa shape index (κ3) is 3.94. The van der Waals surface area contributed by atoms with Gasteiger partial charge < -0.3 is 10.6 Å². The van der Waals surface area contributed by atoms with E-state index in [0.717, 1.165) is 16.4 Å². The fraction of sp³-hybridized carbons (Fsp3) is 0.174. The van der Waals surface area contributed by atoms with Crippen molar-refractivity contribution in [1.29, 1.82) is 0 Å². The van der Waals surface area contributed by atoms with Gasteiger partial charge in [-0.05, 0) is 59.0 Å². The molecule has 0 atom stereocenters. The first-order chi connectivity index (χ1) is 14.3. The molecule has 0 aliphatic heterocycles. The second-order valence-electron chi connectivity index (χ2n) is 7.42. The fourth-order valence-electron chi connectivity index (χ4n) is 3.59. The van der Waals surface area contributed by atoms with E-state index < -0.39 is 10.0 Å². The molecule has 2 N–H and O–H groups in total. The maximum absolute atomic E-state index is 12.4. The first kappa shape index (κ1) is 20.1. The topological polar surface area (TPSA) is 78.5 Å². The molecule has 0 heterocycles. The first-order valence-electron chi connectivity index (χ1n) is 9.62. The van der Waals surface area contributed by atoms with Crippen LogP contribution in [0.25, 0.3) is 11.1 Å². The van der Waals surface area contributed by atoms with Gasteiger partial charge in [-0.1, -0.05) is 36.4 Å². The molecule has 4 rings (SSSR count). The number of sulfonamides is 1. The smallest absolute Gasteiger partial charge is 0.243 e. The highest BCUT2D eigenvalue weighted by Gasteiger charge is 2.19. The van der Waals surface area contributed by atoms with Crippen molar-refractivity contribution in [3.63, 3.8) is 0 Å². The highest BCUT2D eigenvalue weighted by Crippen LogP contribution is 2.37. The number of fused-ring (bicyclic) bond motifs is 3. The minimum atomic E-state index is -3.55. The molecular weight excluding hydrogens is 398 g/mol. The molecular formula is C23H23N3O3S. The minimum Gasteiger partial charge on any atom is -0.376 e. The van der Waals surface area contributed by atoms with Gasteiger partial charge in [-0.2, -0.15) is 0 Å². The highest BCUT2D eigenvalue weighted by molar-refractivity contribution is 7.89. The molecule has 0 saturated carbocycles. The van der Waals surface area contributed by atoms with E-state index >= 15 is 0 Å². The maximum atomic E-state index is 12.4. The van der Waals surface area contributed by atoms with Crippen molar-refractivity contribution in [2.75, 3.05) is 31.3 Å². The van der Waals surface area contributed by atoms with Crippen molar-refractivity contribution in [2.45, 2.75) is 11.3 Å². The summed E-state index contributed by atoms with van der Waals surface area (Å²) in [5.41, 5.74) is 6.37. The molecule has 1 aliphatic rings. The third-order valence-electron chi connectivity index (χ3n) is 5.14. The van der Waals surface area contributed by atoms with Crippen LogP contribution in [0.15, 0.2) is 71.6 Å². The Kier molecular flexibility index (Phi) is 5.32. The number of amides is 1. The maximum Gasteiger partial charge on any atom is 0.243 e. The van der Waals surface area contributed by atoms with E-state index in [0.29, 0.717) is 5.69 Å². The van der Waals surface area contributed by atoms with Crippen molar-refractivity contribution < 1.29 is 13.2 Å². The predicted octanol–water partition coefficient (Wildman–Crippen LogP) is 3.56.